The number of hydrogen-bond donors (Lipinski definition) is 2. The molecule has 0 aliphatic rings. The van der Waals surface area contributed by atoms with Crippen LogP contribution in [0.3, 0.4) is 0 Å². The third kappa shape index (κ3) is 4.24. The molecular weight excluding hydrogens is 228 g/mol. The molecule has 1 heterocycles. The van der Waals surface area contributed by atoms with Gasteiger partial charge in [0.15, 0.2) is 0 Å². The van der Waals surface area contributed by atoms with Crippen LogP contribution in [0.5, 0.6) is 0 Å². The fourth-order valence-electron chi connectivity index (χ4n) is 1.14. The second kappa shape index (κ2) is 5.91. The number of rotatable bonds is 7. The zero-order valence-electron chi connectivity index (χ0n) is 9.18. The first kappa shape index (κ1) is 13.1. The smallest absolute Gasteiger partial charge is 0.323 e. The van der Waals surface area contributed by atoms with Crippen LogP contribution in [-0.2, 0) is 4.79 Å². The maximum absolute atomic E-state index is 10.7. The average molecular weight is 244 g/mol. The van der Waals surface area contributed by atoms with Gasteiger partial charge in [-0.25, -0.2) is 4.98 Å². The molecule has 1 rings (SSSR count). The lowest BCUT2D eigenvalue weighted by atomic mass is 9.97. The molecule has 0 aliphatic carbocycles. The number of thioether (sulfide) groups is 1. The maximum Gasteiger partial charge on any atom is 0.323 e. The molecule has 0 saturated carbocycles. The van der Waals surface area contributed by atoms with Crippen molar-refractivity contribution in [2.75, 3.05) is 5.75 Å². The minimum Gasteiger partial charge on any atom is -0.480 e. The van der Waals surface area contributed by atoms with Crippen molar-refractivity contribution >= 4 is 17.7 Å². The number of aliphatic carboxylic acids is 1. The molecular formula is C10H16N2O3S. The Kier molecular flexibility index (Phi) is 4.82. The van der Waals surface area contributed by atoms with Crippen molar-refractivity contribution in [3.05, 3.63) is 12.5 Å². The third-order valence-electron chi connectivity index (χ3n) is 2.21. The molecule has 1 atom stereocenters. The Hall–Kier alpha value is -1.01. The summed E-state index contributed by atoms with van der Waals surface area (Å²) < 4.78 is 5.05. The average Bonchev–Trinajstić information content (AvgIpc) is 2.69. The molecule has 0 aromatic carbocycles. The van der Waals surface area contributed by atoms with Gasteiger partial charge in [-0.1, -0.05) is 18.2 Å². The van der Waals surface area contributed by atoms with Gasteiger partial charge in [-0.3, -0.25) is 4.79 Å². The summed E-state index contributed by atoms with van der Waals surface area (Å²) >= 11 is 1.52. The van der Waals surface area contributed by atoms with E-state index in [0.717, 1.165) is 18.6 Å². The number of carboxylic acids is 1. The molecule has 16 heavy (non-hydrogen) atoms. The van der Waals surface area contributed by atoms with E-state index in [0.29, 0.717) is 11.6 Å². The Morgan fingerprint density at radius 3 is 3.00 bits per heavy atom. The molecule has 0 amide bonds. The fourth-order valence-corrected chi connectivity index (χ4v) is 1.92. The number of nitrogens with two attached hydrogens (primary N) is 1. The van der Waals surface area contributed by atoms with Gasteiger partial charge in [-0.15, -0.1) is 0 Å². The maximum atomic E-state index is 10.7. The molecule has 90 valence electrons. The highest BCUT2D eigenvalue weighted by Gasteiger charge is 2.26. The lowest BCUT2D eigenvalue weighted by Crippen LogP contribution is -2.44. The summed E-state index contributed by atoms with van der Waals surface area (Å²) in [6.45, 7) is 1.54. The minimum atomic E-state index is -1.12. The first-order valence-corrected chi connectivity index (χ1v) is 6.05. The van der Waals surface area contributed by atoms with Gasteiger partial charge in [0.2, 0.25) is 0 Å². The lowest BCUT2D eigenvalue weighted by molar-refractivity contribution is -0.142. The predicted octanol–water partition coefficient (Wildman–Crippen LogP) is 1.74. The number of oxazole rings is 1. The SMILES string of the molecule is CC(N)(CCCCSc1ncco1)C(=O)O. The molecule has 0 bridgehead atoms. The summed E-state index contributed by atoms with van der Waals surface area (Å²) in [6, 6.07) is 0. The molecule has 0 radical (unpaired) electrons. The van der Waals surface area contributed by atoms with E-state index in [1.807, 2.05) is 0 Å². The van der Waals surface area contributed by atoms with E-state index >= 15 is 0 Å². The second-order valence-corrected chi connectivity index (χ2v) is 4.87. The molecule has 0 saturated heterocycles. The van der Waals surface area contributed by atoms with Crippen molar-refractivity contribution in [2.45, 2.75) is 36.9 Å². The van der Waals surface area contributed by atoms with Crippen LogP contribution >= 0.6 is 11.8 Å². The van der Waals surface area contributed by atoms with Crippen LogP contribution in [0, 0.1) is 0 Å². The van der Waals surface area contributed by atoms with Crippen LogP contribution in [0.1, 0.15) is 26.2 Å². The molecule has 0 fully saturated rings. The van der Waals surface area contributed by atoms with Gasteiger partial charge in [0.1, 0.15) is 11.8 Å². The summed E-state index contributed by atoms with van der Waals surface area (Å²) in [6.07, 6.45) is 5.29. The Labute approximate surface area is 98.4 Å². The Morgan fingerprint density at radius 1 is 1.69 bits per heavy atom. The summed E-state index contributed by atoms with van der Waals surface area (Å²) in [4.78, 5) is 14.7. The van der Waals surface area contributed by atoms with E-state index in [4.69, 9.17) is 15.3 Å². The van der Waals surface area contributed by atoms with E-state index < -0.39 is 11.5 Å². The monoisotopic (exact) mass is 244 g/mol. The summed E-state index contributed by atoms with van der Waals surface area (Å²) in [5, 5.41) is 9.44. The van der Waals surface area contributed by atoms with Crippen LogP contribution in [0.25, 0.3) is 0 Å². The van der Waals surface area contributed by atoms with Gasteiger partial charge in [-0.05, 0) is 19.8 Å². The number of unbranched alkanes of at least 4 members (excludes halogenated alkanes) is 1. The molecule has 5 nitrogen and oxygen atoms in total. The minimum absolute atomic E-state index is 0.481. The molecule has 1 aromatic rings. The normalized spacial score (nSPS) is 14.6. The van der Waals surface area contributed by atoms with Crippen molar-refractivity contribution in [1.82, 2.24) is 4.98 Å². The zero-order valence-corrected chi connectivity index (χ0v) is 10.00. The predicted molar refractivity (Wildman–Crippen MR) is 61.3 cm³/mol. The first-order valence-electron chi connectivity index (χ1n) is 5.07. The van der Waals surface area contributed by atoms with Gasteiger partial charge in [-0.2, -0.15) is 0 Å². The van der Waals surface area contributed by atoms with Crippen molar-refractivity contribution in [1.29, 1.82) is 0 Å². The van der Waals surface area contributed by atoms with Crippen LogP contribution in [0.4, 0.5) is 0 Å². The van der Waals surface area contributed by atoms with Gasteiger partial charge in [0.05, 0.1) is 6.20 Å². The van der Waals surface area contributed by atoms with Crippen molar-refractivity contribution in [3.63, 3.8) is 0 Å². The number of hydrogen-bond acceptors (Lipinski definition) is 5. The van der Waals surface area contributed by atoms with Crippen LogP contribution in [0.2, 0.25) is 0 Å². The number of nitrogens with zero attached hydrogens (tertiary/aromatic N) is 1. The number of carboxylic acid groups (broad SMARTS) is 1. The van der Waals surface area contributed by atoms with Gasteiger partial charge in [0, 0.05) is 5.75 Å². The number of carbonyl (C=O) groups is 1. The highest BCUT2D eigenvalue weighted by atomic mass is 32.2. The lowest BCUT2D eigenvalue weighted by Gasteiger charge is -2.18. The molecule has 6 heteroatoms. The number of aromatic nitrogens is 1. The van der Waals surface area contributed by atoms with Gasteiger partial charge in [0.25, 0.3) is 5.22 Å². The largest absolute Gasteiger partial charge is 0.480 e. The Morgan fingerprint density at radius 2 is 2.44 bits per heavy atom. The van der Waals surface area contributed by atoms with E-state index in [1.165, 1.54) is 24.9 Å². The molecule has 3 N–H and O–H groups in total. The highest BCUT2D eigenvalue weighted by Crippen LogP contribution is 2.18. The topological polar surface area (TPSA) is 89.4 Å². The standard InChI is InChI=1S/C10H16N2O3S/c1-10(11,8(13)14)4-2-3-7-16-9-12-5-6-15-9/h5-6H,2-4,7,11H2,1H3,(H,13,14). The Balaban J connectivity index is 2.10. The van der Waals surface area contributed by atoms with Gasteiger partial charge >= 0.3 is 5.97 Å². The van der Waals surface area contributed by atoms with Gasteiger partial charge < -0.3 is 15.3 Å². The summed E-state index contributed by atoms with van der Waals surface area (Å²) in [5.41, 5.74) is 4.48. The van der Waals surface area contributed by atoms with E-state index in [-0.39, 0.29) is 0 Å². The molecule has 1 unspecified atom stereocenters. The summed E-state index contributed by atoms with van der Waals surface area (Å²) in [7, 11) is 0. The van der Waals surface area contributed by atoms with Crippen molar-refractivity contribution in [3.8, 4) is 0 Å². The van der Waals surface area contributed by atoms with Crippen molar-refractivity contribution < 1.29 is 14.3 Å². The Bertz CT molecular complexity index is 325. The van der Waals surface area contributed by atoms with E-state index in [1.54, 1.807) is 6.20 Å². The van der Waals surface area contributed by atoms with Crippen LogP contribution in [0.15, 0.2) is 22.1 Å². The van der Waals surface area contributed by atoms with E-state index in [9.17, 15) is 4.79 Å². The fraction of sp³-hybridized carbons (Fsp3) is 0.600. The quantitative estimate of drug-likeness (QED) is 0.561. The third-order valence-corrected chi connectivity index (χ3v) is 3.16. The highest BCUT2D eigenvalue weighted by molar-refractivity contribution is 7.99. The zero-order chi connectivity index (χ0) is 12.0. The van der Waals surface area contributed by atoms with E-state index in [2.05, 4.69) is 4.98 Å². The molecule has 1 aromatic heterocycles. The first-order chi connectivity index (χ1) is 7.52. The summed E-state index contributed by atoms with van der Waals surface area (Å²) in [5.74, 6) is -0.0937. The van der Waals surface area contributed by atoms with Crippen LogP contribution in [-0.4, -0.2) is 27.4 Å². The molecule has 0 spiro atoms. The van der Waals surface area contributed by atoms with Crippen LogP contribution < -0.4 is 5.73 Å². The van der Waals surface area contributed by atoms with Crippen molar-refractivity contribution in [2.24, 2.45) is 5.73 Å². The molecule has 0 aliphatic heterocycles. The second-order valence-electron chi connectivity index (χ2n) is 3.83.